The van der Waals surface area contributed by atoms with Gasteiger partial charge in [-0.15, -0.1) is 0 Å². The van der Waals surface area contributed by atoms with Crippen molar-refractivity contribution >= 4 is 23.2 Å². The van der Waals surface area contributed by atoms with E-state index >= 15 is 0 Å². The van der Waals surface area contributed by atoms with Crippen molar-refractivity contribution in [3.05, 3.63) is 63.1 Å². The monoisotopic (exact) mass is 321 g/mol. The average molecular weight is 322 g/mol. The van der Waals surface area contributed by atoms with Crippen LogP contribution in [0, 0.1) is 0 Å². The topological polar surface area (TPSA) is 21.3 Å². The van der Waals surface area contributed by atoms with Crippen LogP contribution in [0.15, 0.2) is 36.4 Å². The highest BCUT2D eigenvalue weighted by Crippen LogP contribution is 2.34. The van der Waals surface area contributed by atoms with Crippen molar-refractivity contribution in [3.63, 3.8) is 0 Å². The fraction of sp³-hybridized carbons (Fsp3) is 0.294. The maximum absolute atomic E-state index is 6.28. The Morgan fingerprint density at radius 3 is 2.90 bits per heavy atom. The van der Waals surface area contributed by atoms with Crippen LogP contribution in [0.2, 0.25) is 10.0 Å². The van der Waals surface area contributed by atoms with Crippen LogP contribution < -0.4 is 10.1 Å². The van der Waals surface area contributed by atoms with Crippen molar-refractivity contribution in [2.45, 2.75) is 25.4 Å². The minimum atomic E-state index is 0.346. The number of methoxy groups -OCH3 is 1. The molecule has 2 aromatic carbocycles. The summed E-state index contributed by atoms with van der Waals surface area (Å²) in [5.74, 6) is 0.823. The molecule has 1 aliphatic carbocycles. The van der Waals surface area contributed by atoms with Crippen LogP contribution in [-0.4, -0.2) is 7.11 Å². The molecule has 21 heavy (non-hydrogen) atoms. The molecule has 0 saturated carbocycles. The van der Waals surface area contributed by atoms with Crippen LogP contribution in [0.1, 0.15) is 29.2 Å². The predicted octanol–water partition coefficient (Wildman–Crippen LogP) is 4.78. The Bertz CT molecular complexity index is 657. The van der Waals surface area contributed by atoms with E-state index in [4.69, 9.17) is 27.9 Å². The number of nitrogens with one attached hydrogen (secondary N) is 1. The molecule has 0 saturated heterocycles. The molecule has 1 N–H and O–H groups in total. The summed E-state index contributed by atoms with van der Waals surface area (Å²) in [6.45, 7) is 0.690. The van der Waals surface area contributed by atoms with Gasteiger partial charge in [-0.1, -0.05) is 35.3 Å². The maximum atomic E-state index is 6.28. The first-order valence-electron chi connectivity index (χ1n) is 7.02. The van der Waals surface area contributed by atoms with Crippen LogP contribution in [-0.2, 0) is 13.0 Å². The Morgan fingerprint density at radius 1 is 1.24 bits per heavy atom. The number of hydrogen-bond acceptors (Lipinski definition) is 2. The molecule has 4 heteroatoms. The molecule has 1 unspecified atom stereocenters. The molecular formula is C17H17Cl2NO. The van der Waals surface area contributed by atoms with E-state index in [2.05, 4.69) is 17.4 Å². The lowest BCUT2D eigenvalue weighted by molar-refractivity contribution is 0.405. The normalized spacial score (nSPS) is 16.8. The summed E-state index contributed by atoms with van der Waals surface area (Å²) in [7, 11) is 1.67. The molecule has 0 spiro atoms. The molecule has 0 fully saturated rings. The molecule has 0 heterocycles. The summed E-state index contributed by atoms with van der Waals surface area (Å²) < 4.78 is 5.38. The molecule has 1 atom stereocenters. The van der Waals surface area contributed by atoms with Gasteiger partial charge in [0.15, 0.2) is 0 Å². The zero-order valence-electron chi connectivity index (χ0n) is 11.8. The van der Waals surface area contributed by atoms with Gasteiger partial charge in [-0.25, -0.2) is 0 Å². The second-order valence-electron chi connectivity index (χ2n) is 5.24. The molecular weight excluding hydrogens is 305 g/mol. The van der Waals surface area contributed by atoms with Gasteiger partial charge in [-0.3, -0.25) is 0 Å². The minimum absolute atomic E-state index is 0.346. The van der Waals surface area contributed by atoms with Gasteiger partial charge in [-0.2, -0.15) is 0 Å². The first kappa shape index (κ1) is 14.7. The highest BCUT2D eigenvalue weighted by molar-refractivity contribution is 6.31. The van der Waals surface area contributed by atoms with E-state index in [0.29, 0.717) is 12.6 Å². The van der Waals surface area contributed by atoms with E-state index in [1.54, 1.807) is 7.11 Å². The standard InChI is InChI=1S/C17H17Cl2NO/c1-21-17-4-2-3-15(19)14(17)10-20-16-8-5-11-9-12(18)6-7-13(11)16/h2-4,6-7,9,16,20H,5,8,10H2,1H3. The Hall–Kier alpha value is -1.22. The number of rotatable bonds is 4. The molecule has 1 aliphatic rings. The number of fused-ring (bicyclic) bond motifs is 1. The molecule has 0 aromatic heterocycles. The van der Waals surface area contributed by atoms with Crippen molar-refractivity contribution in [2.75, 3.05) is 7.11 Å². The Balaban J connectivity index is 1.76. The van der Waals surface area contributed by atoms with Gasteiger partial charge in [-0.05, 0) is 48.2 Å². The summed E-state index contributed by atoms with van der Waals surface area (Å²) in [5, 5.41) is 5.12. The number of hydrogen-bond donors (Lipinski definition) is 1. The maximum Gasteiger partial charge on any atom is 0.124 e. The smallest absolute Gasteiger partial charge is 0.124 e. The third kappa shape index (κ3) is 3.03. The zero-order chi connectivity index (χ0) is 14.8. The van der Waals surface area contributed by atoms with E-state index < -0.39 is 0 Å². The summed E-state index contributed by atoms with van der Waals surface area (Å²) >= 11 is 12.3. The van der Waals surface area contributed by atoms with Crippen LogP contribution >= 0.6 is 23.2 Å². The van der Waals surface area contributed by atoms with Gasteiger partial charge in [0.25, 0.3) is 0 Å². The summed E-state index contributed by atoms with van der Waals surface area (Å²) in [6, 6.07) is 12.2. The fourth-order valence-electron chi connectivity index (χ4n) is 2.93. The van der Waals surface area contributed by atoms with Gasteiger partial charge in [0.2, 0.25) is 0 Å². The Labute approximate surface area is 135 Å². The van der Waals surface area contributed by atoms with Crippen molar-refractivity contribution in [3.8, 4) is 5.75 Å². The third-order valence-corrected chi connectivity index (χ3v) is 4.59. The highest BCUT2D eigenvalue weighted by atomic mass is 35.5. The Morgan fingerprint density at radius 2 is 2.10 bits per heavy atom. The molecule has 0 bridgehead atoms. The van der Waals surface area contributed by atoms with Crippen molar-refractivity contribution in [2.24, 2.45) is 0 Å². The SMILES string of the molecule is COc1cccc(Cl)c1CNC1CCc2cc(Cl)ccc21. The quantitative estimate of drug-likeness (QED) is 0.875. The lowest BCUT2D eigenvalue weighted by Gasteiger charge is -2.16. The molecule has 0 amide bonds. The average Bonchev–Trinajstić information content (AvgIpc) is 2.88. The lowest BCUT2D eigenvalue weighted by Crippen LogP contribution is -2.19. The van der Waals surface area contributed by atoms with Gasteiger partial charge >= 0.3 is 0 Å². The van der Waals surface area contributed by atoms with E-state index in [1.807, 2.05) is 24.3 Å². The first-order valence-corrected chi connectivity index (χ1v) is 7.77. The molecule has 3 rings (SSSR count). The third-order valence-electron chi connectivity index (χ3n) is 4.00. The van der Waals surface area contributed by atoms with E-state index in [9.17, 15) is 0 Å². The molecule has 2 aromatic rings. The summed E-state index contributed by atoms with van der Waals surface area (Å²) in [6.07, 6.45) is 2.15. The van der Waals surface area contributed by atoms with Crippen LogP contribution in [0.5, 0.6) is 5.75 Å². The van der Waals surface area contributed by atoms with Crippen molar-refractivity contribution in [1.82, 2.24) is 5.32 Å². The lowest BCUT2D eigenvalue weighted by atomic mass is 10.1. The molecule has 0 radical (unpaired) electrons. The number of ether oxygens (including phenoxy) is 1. The van der Waals surface area contributed by atoms with Crippen molar-refractivity contribution < 1.29 is 4.74 Å². The summed E-state index contributed by atoms with van der Waals surface area (Å²) in [5.41, 5.74) is 3.68. The van der Waals surface area contributed by atoms with Gasteiger partial charge in [0.05, 0.1) is 7.11 Å². The zero-order valence-corrected chi connectivity index (χ0v) is 13.3. The van der Waals surface area contributed by atoms with Gasteiger partial charge < -0.3 is 10.1 Å². The molecule has 110 valence electrons. The van der Waals surface area contributed by atoms with E-state index in [-0.39, 0.29) is 0 Å². The second-order valence-corrected chi connectivity index (χ2v) is 6.08. The largest absolute Gasteiger partial charge is 0.496 e. The van der Waals surface area contributed by atoms with Gasteiger partial charge in [0.1, 0.15) is 5.75 Å². The number of benzene rings is 2. The van der Waals surface area contributed by atoms with E-state index in [1.165, 1.54) is 11.1 Å². The Kier molecular flexibility index (Phi) is 4.39. The van der Waals surface area contributed by atoms with E-state index in [0.717, 1.165) is 34.2 Å². The van der Waals surface area contributed by atoms with Crippen LogP contribution in [0.4, 0.5) is 0 Å². The van der Waals surface area contributed by atoms with Gasteiger partial charge in [0, 0.05) is 28.2 Å². The summed E-state index contributed by atoms with van der Waals surface area (Å²) in [4.78, 5) is 0. The number of halogens is 2. The predicted molar refractivity (Wildman–Crippen MR) is 87.4 cm³/mol. The van der Waals surface area contributed by atoms with Crippen molar-refractivity contribution in [1.29, 1.82) is 0 Å². The first-order chi connectivity index (χ1) is 10.2. The minimum Gasteiger partial charge on any atom is -0.496 e. The van der Waals surface area contributed by atoms with Crippen LogP contribution in [0.25, 0.3) is 0 Å². The molecule has 0 aliphatic heterocycles. The highest BCUT2D eigenvalue weighted by Gasteiger charge is 2.22. The van der Waals surface area contributed by atoms with Crippen LogP contribution in [0.3, 0.4) is 0 Å². The fourth-order valence-corrected chi connectivity index (χ4v) is 3.35. The molecule has 2 nitrogen and oxygen atoms in total. The number of aryl methyl sites for hydroxylation is 1. The second kappa shape index (κ2) is 6.27.